The molecule has 7 nitrogen and oxygen atoms in total. The highest BCUT2D eigenvalue weighted by Crippen LogP contribution is 2.32. The van der Waals surface area contributed by atoms with Gasteiger partial charge in [0.1, 0.15) is 23.9 Å². The highest BCUT2D eigenvalue weighted by Gasteiger charge is 2.21. The van der Waals surface area contributed by atoms with Crippen LogP contribution in [0.1, 0.15) is 30.1 Å². The van der Waals surface area contributed by atoms with E-state index in [1.54, 1.807) is 30.3 Å². The fraction of sp³-hybridized carbons (Fsp3) is 0.368. The van der Waals surface area contributed by atoms with Gasteiger partial charge in [0.2, 0.25) is 0 Å². The molecule has 0 amide bonds. The van der Waals surface area contributed by atoms with Crippen LogP contribution in [-0.4, -0.2) is 26.2 Å². The highest BCUT2D eigenvalue weighted by molar-refractivity contribution is 5.92. The SMILES string of the molecule is COC(=O)c1ccc(N2CCC(C)CC2)c(NC(C#N)=C(C#N)C#N)c1. The molecule has 1 fully saturated rings. The number of nitrogens with zero attached hydrogens (tertiary/aromatic N) is 4. The quantitative estimate of drug-likeness (QED) is 0.656. The third-order valence-electron chi connectivity index (χ3n) is 4.39. The van der Waals surface area contributed by atoms with Crippen LogP contribution in [-0.2, 0) is 4.74 Å². The largest absolute Gasteiger partial charge is 0.465 e. The lowest BCUT2D eigenvalue weighted by atomic mass is 9.98. The Morgan fingerprint density at radius 1 is 1.19 bits per heavy atom. The van der Waals surface area contributed by atoms with E-state index in [9.17, 15) is 10.1 Å². The standard InChI is InChI=1S/C19H19N5O2/c1-13-5-7-24(8-6-13)18-4-3-14(19(25)26-2)9-16(18)23-17(12-22)15(10-20)11-21/h3-4,9,13,23H,5-8H2,1-2H3. The van der Waals surface area contributed by atoms with Gasteiger partial charge in [0.05, 0.1) is 24.0 Å². The first-order valence-corrected chi connectivity index (χ1v) is 8.23. The number of nitrogens with one attached hydrogen (secondary N) is 1. The van der Waals surface area contributed by atoms with Crippen molar-refractivity contribution in [2.75, 3.05) is 30.4 Å². The normalized spacial score (nSPS) is 13.7. The maximum atomic E-state index is 11.9. The van der Waals surface area contributed by atoms with Gasteiger partial charge in [-0.2, -0.15) is 15.8 Å². The van der Waals surface area contributed by atoms with Gasteiger partial charge < -0.3 is 15.0 Å². The number of carbonyl (C=O) groups is 1. The fourth-order valence-corrected chi connectivity index (χ4v) is 2.82. The van der Waals surface area contributed by atoms with Crippen molar-refractivity contribution in [3.8, 4) is 18.2 Å². The summed E-state index contributed by atoms with van der Waals surface area (Å²) < 4.78 is 4.75. The molecular weight excluding hydrogens is 330 g/mol. The van der Waals surface area contributed by atoms with Crippen LogP contribution in [0.4, 0.5) is 11.4 Å². The first-order chi connectivity index (χ1) is 12.5. The number of allylic oxidation sites excluding steroid dienone is 2. The van der Waals surface area contributed by atoms with Crippen LogP contribution in [0.2, 0.25) is 0 Å². The summed E-state index contributed by atoms with van der Waals surface area (Å²) in [7, 11) is 1.29. The van der Waals surface area contributed by atoms with Gasteiger partial charge in [0.25, 0.3) is 0 Å². The molecule has 0 atom stereocenters. The van der Waals surface area contributed by atoms with E-state index in [0.717, 1.165) is 31.6 Å². The molecule has 1 saturated heterocycles. The summed E-state index contributed by atoms with van der Waals surface area (Å²) in [6, 6.07) is 10.3. The van der Waals surface area contributed by atoms with Gasteiger partial charge >= 0.3 is 5.97 Å². The van der Waals surface area contributed by atoms with Crippen LogP contribution >= 0.6 is 0 Å². The van der Waals surface area contributed by atoms with E-state index in [1.165, 1.54) is 7.11 Å². The number of carbonyl (C=O) groups excluding carboxylic acids is 1. The van der Waals surface area contributed by atoms with Crippen molar-refractivity contribution in [2.45, 2.75) is 19.8 Å². The van der Waals surface area contributed by atoms with Crippen LogP contribution in [0, 0.1) is 39.9 Å². The van der Waals surface area contributed by atoms with Crippen molar-refractivity contribution in [1.82, 2.24) is 0 Å². The van der Waals surface area contributed by atoms with Crippen molar-refractivity contribution in [2.24, 2.45) is 5.92 Å². The fourth-order valence-electron chi connectivity index (χ4n) is 2.82. The Morgan fingerprint density at radius 2 is 1.85 bits per heavy atom. The van der Waals surface area contributed by atoms with Crippen LogP contribution < -0.4 is 10.2 Å². The van der Waals surface area contributed by atoms with E-state index in [-0.39, 0.29) is 11.3 Å². The average molecular weight is 349 g/mol. The Hall–Kier alpha value is -3.50. The summed E-state index contributed by atoms with van der Waals surface area (Å²) in [4.78, 5) is 14.0. The lowest BCUT2D eigenvalue weighted by Crippen LogP contribution is -2.33. The number of piperidine rings is 1. The molecule has 26 heavy (non-hydrogen) atoms. The second-order valence-electron chi connectivity index (χ2n) is 6.10. The molecule has 1 aliphatic rings. The van der Waals surface area contributed by atoms with Crippen molar-refractivity contribution >= 4 is 17.3 Å². The number of rotatable bonds is 4. The molecule has 0 spiro atoms. The van der Waals surface area contributed by atoms with Gasteiger partial charge in [0, 0.05) is 13.1 Å². The van der Waals surface area contributed by atoms with Crippen LogP contribution in [0.25, 0.3) is 0 Å². The van der Waals surface area contributed by atoms with E-state index < -0.39 is 5.97 Å². The molecule has 0 unspecified atom stereocenters. The first kappa shape index (κ1) is 18.8. The molecule has 1 aliphatic heterocycles. The van der Waals surface area contributed by atoms with Crippen molar-refractivity contribution < 1.29 is 9.53 Å². The summed E-state index contributed by atoms with van der Waals surface area (Å²) in [6.45, 7) is 3.91. The van der Waals surface area contributed by atoms with Crippen molar-refractivity contribution in [1.29, 1.82) is 15.8 Å². The molecular formula is C19H19N5O2. The number of nitriles is 3. The molecule has 2 rings (SSSR count). The molecule has 0 radical (unpaired) electrons. The summed E-state index contributed by atoms with van der Waals surface area (Å²) in [5.41, 5.74) is 1.16. The minimum Gasteiger partial charge on any atom is -0.465 e. The predicted octanol–water partition coefficient (Wildman–Crippen LogP) is 2.95. The zero-order valence-corrected chi connectivity index (χ0v) is 14.7. The molecule has 0 aromatic heterocycles. The number of ether oxygens (including phenoxy) is 1. The molecule has 132 valence electrons. The molecule has 1 heterocycles. The molecule has 7 heteroatoms. The third kappa shape index (κ3) is 4.12. The van der Waals surface area contributed by atoms with Crippen molar-refractivity contribution in [3.63, 3.8) is 0 Å². The number of hydrogen-bond donors (Lipinski definition) is 1. The zero-order valence-electron chi connectivity index (χ0n) is 14.7. The van der Waals surface area contributed by atoms with E-state index >= 15 is 0 Å². The maximum absolute atomic E-state index is 11.9. The summed E-state index contributed by atoms with van der Waals surface area (Å²) in [6.07, 6.45) is 2.08. The number of anilines is 2. The molecule has 0 aliphatic carbocycles. The summed E-state index contributed by atoms with van der Waals surface area (Å²) in [5.74, 6) is 0.144. The molecule has 1 aromatic rings. The monoisotopic (exact) mass is 349 g/mol. The van der Waals surface area contributed by atoms with E-state index in [0.29, 0.717) is 17.2 Å². The van der Waals surface area contributed by atoms with Gasteiger partial charge in [-0.3, -0.25) is 0 Å². The van der Waals surface area contributed by atoms with Crippen LogP contribution in [0.3, 0.4) is 0 Å². The van der Waals surface area contributed by atoms with Gasteiger partial charge in [-0.25, -0.2) is 4.79 Å². The second kappa shape index (κ2) is 8.55. The Labute approximate surface area is 152 Å². The van der Waals surface area contributed by atoms with Crippen molar-refractivity contribution in [3.05, 3.63) is 35.0 Å². The summed E-state index contributed by atoms with van der Waals surface area (Å²) in [5, 5.41) is 30.2. The number of benzene rings is 1. The predicted molar refractivity (Wildman–Crippen MR) is 95.9 cm³/mol. The maximum Gasteiger partial charge on any atom is 0.337 e. The van der Waals surface area contributed by atoms with Gasteiger partial charge in [0.15, 0.2) is 5.57 Å². The Balaban J connectivity index is 2.48. The Bertz CT molecular complexity index is 830. The second-order valence-corrected chi connectivity index (χ2v) is 6.10. The molecule has 0 saturated carbocycles. The third-order valence-corrected chi connectivity index (χ3v) is 4.39. The Kier molecular flexibility index (Phi) is 6.20. The van der Waals surface area contributed by atoms with E-state index in [4.69, 9.17) is 15.3 Å². The zero-order chi connectivity index (χ0) is 19.1. The van der Waals surface area contributed by atoms with Gasteiger partial charge in [-0.05, 0) is 37.0 Å². The number of esters is 1. The molecule has 0 bridgehead atoms. The lowest BCUT2D eigenvalue weighted by molar-refractivity contribution is 0.0601. The van der Waals surface area contributed by atoms with E-state index in [1.807, 2.05) is 6.07 Å². The lowest BCUT2D eigenvalue weighted by Gasteiger charge is -2.33. The van der Waals surface area contributed by atoms with Crippen LogP contribution in [0.5, 0.6) is 0 Å². The number of hydrogen-bond acceptors (Lipinski definition) is 7. The topological polar surface area (TPSA) is 113 Å². The average Bonchev–Trinajstić information content (AvgIpc) is 2.68. The minimum atomic E-state index is -0.504. The smallest absolute Gasteiger partial charge is 0.337 e. The van der Waals surface area contributed by atoms with Gasteiger partial charge in [-0.15, -0.1) is 0 Å². The number of methoxy groups -OCH3 is 1. The first-order valence-electron chi connectivity index (χ1n) is 8.23. The highest BCUT2D eigenvalue weighted by atomic mass is 16.5. The minimum absolute atomic E-state index is 0.149. The summed E-state index contributed by atoms with van der Waals surface area (Å²) >= 11 is 0. The van der Waals surface area contributed by atoms with Gasteiger partial charge in [-0.1, -0.05) is 6.92 Å². The van der Waals surface area contributed by atoms with E-state index in [2.05, 4.69) is 17.1 Å². The van der Waals surface area contributed by atoms with Crippen LogP contribution in [0.15, 0.2) is 29.5 Å². The molecule has 1 N–H and O–H groups in total. The Morgan fingerprint density at radius 3 is 2.38 bits per heavy atom. The molecule has 1 aromatic carbocycles.